The smallest absolute Gasteiger partial charge is 0.251 e. The molecule has 0 atom stereocenters. The molecule has 0 aliphatic rings. The van der Waals surface area contributed by atoms with Crippen molar-refractivity contribution in [1.82, 2.24) is 5.32 Å². The first kappa shape index (κ1) is 26.5. The summed E-state index contributed by atoms with van der Waals surface area (Å²) in [6, 6.07) is 7.28. The molecule has 0 unspecified atom stereocenters. The van der Waals surface area contributed by atoms with Crippen LogP contribution < -0.4 is 10.1 Å². The molecule has 4 heteroatoms. The second-order valence-corrected chi connectivity index (χ2v) is 8.22. The van der Waals surface area contributed by atoms with Gasteiger partial charge in [0.05, 0.1) is 6.61 Å². The Morgan fingerprint density at radius 2 is 1.23 bits per heavy atom. The number of carbonyl (C=O) groups excluding carboxylic acids is 1. The first-order chi connectivity index (χ1) is 14.8. The van der Waals surface area contributed by atoms with E-state index in [2.05, 4.69) is 12.2 Å². The van der Waals surface area contributed by atoms with Crippen molar-refractivity contribution in [2.24, 2.45) is 0 Å². The average molecular weight is 420 g/mol. The van der Waals surface area contributed by atoms with Gasteiger partial charge in [-0.2, -0.15) is 0 Å². The van der Waals surface area contributed by atoms with Crippen LogP contribution in [0.4, 0.5) is 0 Å². The van der Waals surface area contributed by atoms with Crippen molar-refractivity contribution >= 4 is 5.91 Å². The molecule has 0 fully saturated rings. The highest BCUT2D eigenvalue weighted by atomic mass is 16.5. The largest absolute Gasteiger partial charge is 0.491 e. The average Bonchev–Trinajstić information content (AvgIpc) is 2.77. The number of unbranched alkanes of at least 4 members (excludes halogenated alkanes) is 13. The predicted molar refractivity (Wildman–Crippen MR) is 126 cm³/mol. The molecule has 0 aliphatic heterocycles. The Morgan fingerprint density at radius 1 is 0.733 bits per heavy atom. The van der Waals surface area contributed by atoms with Crippen molar-refractivity contribution in [2.45, 2.75) is 96.8 Å². The fourth-order valence-corrected chi connectivity index (χ4v) is 3.57. The molecule has 1 aromatic rings. The van der Waals surface area contributed by atoms with Gasteiger partial charge in [-0.1, -0.05) is 90.4 Å². The van der Waals surface area contributed by atoms with E-state index >= 15 is 0 Å². The molecule has 0 radical (unpaired) electrons. The quantitative estimate of drug-likeness (QED) is 0.233. The van der Waals surface area contributed by atoms with Crippen molar-refractivity contribution in [1.29, 1.82) is 0 Å². The highest BCUT2D eigenvalue weighted by Gasteiger charge is 2.05. The minimum Gasteiger partial charge on any atom is -0.491 e. The van der Waals surface area contributed by atoms with Crippen LogP contribution in [-0.4, -0.2) is 32.8 Å². The van der Waals surface area contributed by atoms with E-state index < -0.39 is 0 Å². The van der Waals surface area contributed by atoms with Gasteiger partial charge in [-0.25, -0.2) is 0 Å². The van der Waals surface area contributed by atoms with Crippen molar-refractivity contribution in [2.75, 3.05) is 26.9 Å². The number of carbonyl (C=O) groups is 1. The number of rotatable bonds is 20. The summed E-state index contributed by atoms with van der Waals surface area (Å²) in [5.41, 5.74) is 0.680. The summed E-state index contributed by atoms with van der Waals surface area (Å²) in [7, 11) is 1.65. The maximum atomic E-state index is 12.2. The van der Waals surface area contributed by atoms with Crippen LogP contribution in [0.25, 0.3) is 0 Å². The van der Waals surface area contributed by atoms with Gasteiger partial charge < -0.3 is 14.8 Å². The minimum absolute atomic E-state index is 0.00636. The molecule has 30 heavy (non-hydrogen) atoms. The van der Waals surface area contributed by atoms with Gasteiger partial charge in [-0.15, -0.1) is 0 Å². The third-order valence-corrected chi connectivity index (χ3v) is 5.49. The fraction of sp³-hybridized carbons (Fsp3) is 0.731. The first-order valence-corrected chi connectivity index (χ1v) is 12.3. The molecule has 1 rings (SSSR count). The molecule has 1 amide bonds. The van der Waals surface area contributed by atoms with Gasteiger partial charge in [-0.05, 0) is 30.7 Å². The summed E-state index contributed by atoms with van der Waals surface area (Å²) in [6.07, 6.45) is 18.9. The number of hydrogen-bond donors (Lipinski definition) is 1. The van der Waals surface area contributed by atoms with Crippen LogP contribution in [0, 0.1) is 0 Å². The van der Waals surface area contributed by atoms with Crippen molar-refractivity contribution in [3.63, 3.8) is 0 Å². The Kier molecular flexibility index (Phi) is 17.1. The standard InChI is InChI=1S/C26H45NO3/c1-3-4-5-6-7-8-9-10-11-12-13-14-15-16-21-27-26(28)24-17-19-25(20-18-24)30-23-22-29-2/h17-20H,3-16,21-23H2,1-2H3,(H,27,28). The van der Waals surface area contributed by atoms with Crippen molar-refractivity contribution in [3.05, 3.63) is 29.8 Å². The summed E-state index contributed by atoms with van der Waals surface area (Å²) >= 11 is 0. The van der Waals surface area contributed by atoms with Crippen LogP contribution in [0.15, 0.2) is 24.3 Å². The number of benzene rings is 1. The third-order valence-electron chi connectivity index (χ3n) is 5.49. The molecule has 0 saturated heterocycles. The zero-order valence-electron chi connectivity index (χ0n) is 19.6. The molecule has 0 aromatic heterocycles. The van der Waals surface area contributed by atoms with E-state index in [-0.39, 0.29) is 5.91 Å². The fourth-order valence-electron chi connectivity index (χ4n) is 3.57. The number of methoxy groups -OCH3 is 1. The van der Waals surface area contributed by atoms with Gasteiger partial charge in [0.15, 0.2) is 0 Å². The lowest BCUT2D eigenvalue weighted by Gasteiger charge is -2.08. The van der Waals surface area contributed by atoms with E-state index in [1.807, 2.05) is 24.3 Å². The monoisotopic (exact) mass is 419 g/mol. The van der Waals surface area contributed by atoms with Crippen molar-refractivity contribution in [3.8, 4) is 5.75 Å². The van der Waals surface area contributed by atoms with Crippen LogP contribution in [0.3, 0.4) is 0 Å². The predicted octanol–water partition coefficient (Wildman–Crippen LogP) is 6.92. The molecule has 0 saturated carbocycles. The Labute approximate surface area is 185 Å². The van der Waals surface area contributed by atoms with Crippen molar-refractivity contribution < 1.29 is 14.3 Å². The van der Waals surface area contributed by atoms with Crippen LogP contribution in [0.1, 0.15) is 107 Å². The second kappa shape index (κ2) is 19.4. The molecular weight excluding hydrogens is 374 g/mol. The number of amides is 1. The van der Waals surface area contributed by atoms with E-state index in [0.29, 0.717) is 18.8 Å². The topological polar surface area (TPSA) is 47.6 Å². The number of nitrogens with one attached hydrogen (secondary N) is 1. The molecule has 1 N–H and O–H groups in total. The van der Waals surface area contributed by atoms with Gasteiger partial charge in [-0.3, -0.25) is 4.79 Å². The SMILES string of the molecule is CCCCCCCCCCCCCCCCNC(=O)c1ccc(OCCOC)cc1. The lowest BCUT2D eigenvalue weighted by atomic mass is 10.0. The number of hydrogen-bond acceptors (Lipinski definition) is 3. The molecule has 172 valence electrons. The van der Waals surface area contributed by atoms with Gasteiger partial charge in [0.25, 0.3) is 5.91 Å². The summed E-state index contributed by atoms with van der Waals surface area (Å²) in [5, 5.41) is 3.01. The first-order valence-electron chi connectivity index (χ1n) is 12.3. The van der Waals surface area contributed by atoms with Gasteiger partial charge >= 0.3 is 0 Å². The van der Waals surface area contributed by atoms with Gasteiger partial charge in [0.1, 0.15) is 12.4 Å². The Balaban J connectivity index is 1.91. The zero-order valence-corrected chi connectivity index (χ0v) is 19.6. The Bertz CT molecular complexity index is 516. The van der Waals surface area contributed by atoms with Crippen LogP contribution in [-0.2, 0) is 4.74 Å². The Morgan fingerprint density at radius 3 is 1.73 bits per heavy atom. The van der Waals surface area contributed by atoms with E-state index in [0.717, 1.165) is 18.7 Å². The molecule has 4 nitrogen and oxygen atoms in total. The number of ether oxygens (including phenoxy) is 2. The van der Waals surface area contributed by atoms with E-state index in [1.54, 1.807) is 7.11 Å². The Hall–Kier alpha value is -1.55. The molecule has 0 spiro atoms. The summed E-state index contributed by atoms with van der Waals surface area (Å²) in [5.74, 6) is 0.753. The van der Waals surface area contributed by atoms with E-state index in [1.165, 1.54) is 83.5 Å². The third kappa shape index (κ3) is 14.4. The molecule has 0 heterocycles. The van der Waals surface area contributed by atoms with Gasteiger partial charge in [0, 0.05) is 19.2 Å². The van der Waals surface area contributed by atoms with Gasteiger partial charge in [0.2, 0.25) is 0 Å². The van der Waals surface area contributed by atoms with E-state index in [9.17, 15) is 4.79 Å². The molecule has 0 aliphatic carbocycles. The van der Waals surface area contributed by atoms with Crippen LogP contribution in [0.2, 0.25) is 0 Å². The second-order valence-electron chi connectivity index (χ2n) is 8.22. The normalized spacial score (nSPS) is 10.9. The summed E-state index contributed by atoms with van der Waals surface area (Å²) < 4.78 is 10.5. The molecule has 0 bridgehead atoms. The zero-order chi connectivity index (χ0) is 21.7. The lowest BCUT2D eigenvalue weighted by Crippen LogP contribution is -2.24. The van der Waals surface area contributed by atoms with Crippen LogP contribution >= 0.6 is 0 Å². The lowest BCUT2D eigenvalue weighted by molar-refractivity contribution is 0.0953. The molecule has 1 aromatic carbocycles. The minimum atomic E-state index is -0.00636. The highest BCUT2D eigenvalue weighted by molar-refractivity contribution is 5.94. The maximum Gasteiger partial charge on any atom is 0.251 e. The summed E-state index contributed by atoms with van der Waals surface area (Å²) in [6.45, 7) is 4.10. The van der Waals surface area contributed by atoms with Crippen LogP contribution in [0.5, 0.6) is 5.75 Å². The summed E-state index contributed by atoms with van der Waals surface area (Å²) in [4.78, 5) is 12.2. The highest BCUT2D eigenvalue weighted by Crippen LogP contribution is 2.14. The maximum absolute atomic E-state index is 12.2. The molecular formula is C26H45NO3. The van der Waals surface area contributed by atoms with E-state index in [4.69, 9.17) is 9.47 Å².